The van der Waals surface area contributed by atoms with Crippen molar-refractivity contribution in [3.63, 3.8) is 0 Å². The van der Waals surface area contributed by atoms with E-state index in [4.69, 9.17) is 14.8 Å². The minimum Gasteiger partial charge on any atom is -0.493 e. The molecule has 2 fully saturated rings. The molecule has 0 radical (unpaired) electrons. The summed E-state index contributed by atoms with van der Waals surface area (Å²) >= 11 is 0. The molecule has 0 amide bonds. The number of hydrogen-bond acceptors (Lipinski definition) is 8. The fraction of sp³-hybridized carbons (Fsp3) is 0.400. The van der Waals surface area contributed by atoms with Crippen molar-refractivity contribution >= 4 is 23.0 Å². The van der Waals surface area contributed by atoms with Crippen LogP contribution in [0.2, 0.25) is 0 Å². The predicted molar refractivity (Wildman–Crippen MR) is 108 cm³/mol. The maximum Gasteiger partial charge on any atom is 0.341 e. The number of hydrogen-bond donors (Lipinski definition) is 3. The van der Waals surface area contributed by atoms with Gasteiger partial charge in [-0.15, -0.1) is 0 Å². The summed E-state index contributed by atoms with van der Waals surface area (Å²) in [6, 6.07) is 3.74. The number of anilines is 1. The van der Waals surface area contributed by atoms with Crippen molar-refractivity contribution in [2.45, 2.75) is 24.8 Å². The van der Waals surface area contributed by atoms with Gasteiger partial charge in [0, 0.05) is 19.2 Å². The van der Waals surface area contributed by atoms with Crippen LogP contribution in [0.1, 0.15) is 19.3 Å². The van der Waals surface area contributed by atoms with Crippen molar-refractivity contribution in [2.75, 3.05) is 31.1 Å². The summed E-state index contributed by atoms with van der Waals surface area (Å²) in [6.07, 6.45) is 4.41. The highest BCUT2D eigenvalue weighted by Gasteiger charge is 2.44. The molecular weight excluding hydrogens is 407 g/mol. The van der Waals surface area contributed by atoms with Crippen molar-refractivity contribution in [3.05, 3.63) is 30.2 Å². The summed E-state index contributed by atoms with van der Waals surface area (Å²) in [6.45, 7) is 1.90. The van der Waals surface area contributed by atoms with Gasteiger partial charge < -0.3 is 25.2 Å². The van der Waals surface area contributed by atoms with Crippen LogP contribution in [0.3, 0.4) is 0 Å². The first-order valence-electron chi connectivity index (χ1n) is 10.0. The molecule has 31 heavy (non-hydrogen) atoms. The Labute approximate surface area is 176 Å². The summed E-state index contributed by atoms with van der Waals surface area (Å²) in [7, 11) is 0. The van der Waals surface area contributed by atoms with Crippen LogP contribution < -0.4 is 15.0 Å². The number of carbonyl (C=O) groups is 1. The van der Waals surface area contributed by atoms with Crippen molar-refractivity contribution < 1.29 is 24.1 Å². The van der Waals surface area contributed by atoms with Gasteiger partial charge in [0.2, 0.25) is 11.8 Å². The number of aromatic hydroxyl groups is 1. The number of fused-ring (bicyclic) bond motifs is 1. The fourth-order valence-corrected chi connectivity index (χ4v) is 4.52. The largest absolute Gasteiger partial charge is 0.493 e. The highest BCUT2D eigenvalue weighted by molar-refractivity contribution is 5.83. The molecule has 2 saturated heterocycles. The van der Waals surface area contributed by atoms with Gasteiger partial charge in [0.05, 0.1) is 11.7 Å². The topological polar surface area (TPSA) is 126 Å². The van der Waals surface area contributed by atoms with Crippen molar-refractivity contribution in [1.82, 2.24) is 25.1 Å². The quantitative estimate of drug-likeness (QED) is 0.554. The summed E-state index contributed by atoms with van der Waals surface area (Å²) in [5, 5.41) is 27.5. The zero-order valence-corrected chi connectivity index (χ0v) is 16.6. The maximum atomic E-state index is 13.8. The molecule has 2 aromatic heterocycles. The van der Waals surface area contributed by atoms with Gasteiger partial charge in [-0.05, 0) is 37.9 Å². The van der Waals surface area contributed by atoms with Crippen LogP contribution in [0, 0.1) is 5.82 Å². The zero-order valence-electron chi connectivity index (χ0n) is 16.6. The number of carboxylic acids is 1. The Morgan fingerprint density at radius 3 is 2.97 bits per heavy atom. The smallest absolute Gasteiger partial charge is 0.341 e. The van der Waals surface area contributed by atoms with Crippen LogP contribution in [0.5, 0.6) is 11.6 Å². The third-order valence-electron chi connectivity index (χ3n) is 5.96. The van der Waals surface area contributed by atoms with E-state index in [2.05, 4.69) is 20.3 Å². The summed E-state index contributed by atoms with van der Waals surface area (Å²) in [5.74, 6) is -1.55. The number of benzene rings is 1. The molecular formula is C20H21FN6O4. The number of rotatable bonds is 5. The molecule has 3 aromatic rings. The van der Waals surface area contributed by atoms with Crippen LogP contribution >= 0.6 is 0 Å². The molecule has 1 unspecified atom stereocenters. The van der Waals surface area contributed by atoms with E-state index in [1.54, 1.807) is 0 Å². The first-order chi connectivity index (χ1) is 15.0. The minimum atomic E-state index is -1.19. The number of aliphatic carboxylic acids is 1. The predicted octanol–water partition coefficient (Wildman–Crippen LogP) is 1.46. The number of nitrogens with zero attached hydrogens (tertiary/aromatic N) is 5. The Kier molecular flexibility index (Phi) is 4.62. The lowest BCUT2D eigenvalue weighted by Crippen LogP contribution is -2.46. The van der Waals surface area contributed by atoms with Gasteiger partial charge in [0.1, 0.15) is 22.6 Å². The number of aromatic nitrogens is 4. The average molecular weight is 428 g/mol. The molecule has 0 aliphatic carbocycles. The van der Waals surface area contributed by atoms with E-state index < -0.39 is 18.4 Å². The molecule has 4 heterocycles. The van der Waals surface area contributed by atoms with Crippen LogP contribution in [0.4, 0.5) is 10.3 Å². The van der Waals surface area contributed by atoms with E-state index >= 15 is 0 Å². The SMILES string of the molecule is O=C(O)COc1cc(F)ccc1-n1ncc2c(O)nc(N3CCCC34CCNC4)nc21. The highest BCUT2D eigenvalue weighted by Crippen LogP contribution is 2.38. The van der Waals surface area contributed by atoms with Crippen LogP contribution in [-0.2, 0) is 4.79 Å². The normalized spacial score (nSPS) is 20.7. The summed E-state index contributed by atoms with van der Waals surface area (Å²) in [5.41, 5.74) is 0.555. The molecule has 2 aliphatic rings. The van der Waals surface area contributed by atoms with E-state index in [0.717, 1.165) is 45.0 Å². The minimum absolute atomic E-state index is 0.00434. The molecule has 10 nitrogen and oxygen atoms in total. The molecule has 1 spiro atoms. The Bertz CT molecular complexity index is 1150. The van der Waals surface area contributed by atoms with E-state index in [-0.39, 0.29) is 17.2 Å². The van der Waals surface area contributed by atoms with E-state index in [1.165, 1.54) is 23.0 Å². The molecule has 0 saturated carbocycles. The molecule has 3 N–H and O–H groups in total. The second kappa shape index (κ2) is 7.34. The van der Waals surface area contributed by atoms with Crippen molar-refractivity contribution in [1.29, 1.82) is 0 Å². The first-order valence-corrected chi connectivity index (χ1v) is 10.0. The van der Waals surface area contributed by atoms with Crippen LogP contribution in [0.25, 0.3) is 16.7 Å². The number of nitrogens with one attached hydrogen (secondary N) is 1. The van der Waals surface area contributed by atoms with E-state index in [0.29, 0.717) is 22.7 Å². The lowest BCUT2D eigenvalue weighted by molar-refractivity contribution is -0.139. The van der Waals surface area contributed by atoms with E-state index in [1.807, 2.05) is 0 Å². The maximum absolute atomic E-state index is 13.8. The van der Waals surface area contributed by atoms with Gasteiger partial charge in [0.25, 0.3) is 0 Å². The van der Waals surface area contributed by atoms with Gasteiger partial charge >= 0.3 is 5.97 Å². The van der Waals surface area contributed by atoms with E-state index in [9.17, 15) is 14.3 Å². The standard InChI is InChI=1S/C20H21FN6O4/c21-12-2-3-14(15(8-12)31-10-16(28)29)27-17-13(9-23-27)18(30)25-19(24-17)26-7-1-4-20(26)5-6-22-11-20/h2-3,8-9,22H,1,4-7,10-11H2,(H,28,29)(H,24,25,30). The Hall–Kier alpha value is -3.47. The molecule has 162 valence electrons. The molecule has 2 aliphatic heterocycles. The Morgan fingerprint density at radius 2 is 2.19 bits per heavy atom. The lowest BCUT2D eigenvalue weighted by Gasteiger charge is -2.34. The van der Waals surface area contributed by atoms with Crippen molar-refractivity contribution in [3.8, 4) is 17.3 Å². The van der Waals surface area contributed by atoms with Crippen LogP contribution in [0.15, 0.2) is 24.4 Å². The van der Waals surface area contributed by atoms with Gasteiger partial charge in [-0.1, -0.05) is 0 Å². The molecule has 11 heteroatoms. The molecule has 0 bridgehead atoms. The number of halogens is 1. The lowest BCUT2D eigenvalue weighted by atomic mass is 9.95. The van der Waals surface area contributed by atoms with Gasteiger partial charge in [-0.3, -0.25) is 0 Å². The first kappa shape index (κ1) is 19.5. The summed E-state index contributed by atoms with van der Waals surface area (Å²) < 4.78 is 20.5. The summed E-state index contributed by atoms with van der Waals surface area (Å²) in [4.78, 5) is 22.1. The second-order valence-electron chi connectivity index (χ2n) is 7.84. The highest BCUT2D eigenvalue weighted by atomic mass is 19.1. The average Bonchev–Trinajstić information content (AvgIpc) is 3.48. The van der Waals surface area contributed by atoms with Gasteiger partial charge in [-0.25, -0.2) is 13.9 Å². The molecule has 5 rings (SSSR count). The second-order valence-corrected chi connectivity index (χ2v) is 7.84. The third-order valence-corrected chi connectivity index (χ3v) is 5.96. The monoisotopic (exact) mass is 428 g/mol. The number of ether oxygens (including phenoxy) is 1. The molecule has 1 atom stereocenters. The van der Waals surface area contributed by atoms with Crippen molar-refractivity contribution in [2.24, 2.45) is 0 Å². The van der Waals surface area contributed by atoms with Gasteiger partial charge in [0.15, 0.2) is 12.3 Å². The Morgan fingerprint density at radius 1 is 1.32 bits per heavy atom. The third kappa shape index (κ3) is 3.30. The fourth-order valence-electron chi connectivity index (χ4n) is 4.52. The molecule has 1 aromatic carbocycles. The zero-order chi connectivity index (χ0) is 21.6. The van der Waals surface area contributed by atoms with Gasteiger partial charge in [-0.2, -0.15) is 15.1 Å². The van der Waals surface area contributed by atoms with Crippen LogP contribution in [-0.4, -0.2) is 67.7 Å². The Balaban J connectivity index is 1.61. The number of carboxylic acid groups (broad SMARTS) is 1.